The van der Waals surface area contributed by atoms with Crippen LogP contribution in [0.4, 0.5) is 5.95 Å². The van der Waals surface area contributed by atoms with Gasteiger partial charge in [-0.3, -0.25) is 12.8 Å². The van der Waals surface area contributed by atoms with Crippen molar-refractivity contribution in [3.05, 3.63) is 18.0 Å². The topological polar surface area (TPSA) is 65.0 Å². The van der Waals surface area contributed by atoms with E-state index >= 15 is 0 Å². The van der Waals surface area contributed by atoms with Gasteiger partial charge in [-0.1, -0.05) is 6.92 Å². The molecule has 2 fully saturated rings. The summed E-state index contributed by atoms with van der Waals surface area (Å²) in [5.41, 5.74) is 1.27. The van der Waals surface area contributed by atoms with Crippen molar-refractivity contribution >= 4 is 34.7 Å². The van der Waals surface area contributed by atoms with Crippen molar-refractivity contribution in [2.24, 2.45) is 0 Å². The van der Waals surface area contributed by atoms with E-state index in [1.165, 1.54) is 5.56 Å². The van der Waals surface area contributed by atoms with Crippen LogP contribution in [0.2, 0.25) is 0 Å². The fourth-order valence-electron chi connectivity index (χ4n) is 5.36. The molecule has 2 atom stereocenters. The summed E-state index contributed by atoms with van der Waals surface area (Å²) in [6.45, 7) is 19.3. The lowest BCUT2D eigenvalue weighted by atomic mass is 9.91. The molecule has 2 saturated heterocycles. The maximum Gasteiger partial charge on any atom is 0.257 e. The second kappa shape index (κ2) is 14.2. The molecule has 0 spiro atoms. The molecule has 2 aliphatic rings. The van der Waals surface area contributed by atoms with Crippen molar-refractivity contribution in [2.45, 2.75) is 97.4 Å². The molecule has 1 aromatic rings. The van der Waals surface area contributed by atoms with Crippen LogP contribution in [0.25, 0.3) is 0 Å². The Morgan fingerprint density at radius 3 is 2.42 bits per heavy atom. The van der Waals surface area contributed by atoms with E-state index in [0.717, 1.165) is 70.9 Å². The smallest absolute Gasteiger partial charge is 0.257 e. The zero-order valence-electron chi connectivity index (χ0n) is 23.2. The highest BCUT2D eigenvalue weighted by molar-refractivity contribution is 14.1. The quantitative estimate of drug-likeness (QED) is 0.272. The molecular weight excluding hydrogens is 567 g/mol. The van der Waals surface area contributed by atoms with E-state index < -0.39 is 0 Å². The molecule has 0 radical (unpaired) electrons. The van der Waals surface area contributed by atoms with Gasteiger partial charge in [-0.2, -0.15) is 0 Å². The molecule has 0 N–H and O–H groups in total. The Morgan fingerprint density at radius 2 is 1.83 bits per heavy atom. The number of hydrogen-bond donors (Lipinski definition) is 0. The number of rotatable bonds is 11. The van der Waals surface area contributed by atoms with Crippen molar-refractivity contribution in [1.82, 2.24) is 22.9 Å². The maximum atomic E-state index is 12.1. The van der Waals surface area contributed by atoms with Gasteiger partial charge in [0.2, 0.25) is 5.95 Å². The van der Waals surface area contributed by atoms with Gasteiger partial charge in [-0.15, -0.1) is 0 Å². The molecule has 0 aromatic carbocycles. The molecule has 3 rings (SSSR count). The molecule has 0 aliphatic carbocycles. The van der Waals surface area contributed by atoms with Gasteiger partial charge < -0.3 is 14.5 Å². The number of piperazine rings is 1. The van der Waals surface area contributed by atoms with Crippen LogP contribution in [0.15, 0.2) is 12.4 Å². The lowest BCUT2D eigenvalue weighted by Gasteiger charge is -2.47. The average molecular weight is 615 g/mol. The van der Waals surface area contributed by atoms with E-state index in [9.17, 15) is 4.79 Å². The van der Waals surface area contributed by atoms with Crippen LogP contribution in [0.1, 0.15) is 78.7 Å². The Kier molecular flexibility index (Phi) is 11.6. The molecule has 9 heteroatoms. The Balaban J connectivity index is 1.44. The fourth-order valence-corrected chi connectivity index (χ4v) is 5.84. The van der Waals surface area contributed by atoms with Crippen molar-refractivity contribution < 1.29 is 9.53 Å². The number of likely N-dealkylation sites (tertiary alicyclic amines) is 1. The molecule has 0 saturated carbocycles. The van der Waals surface area contributed by atoms with Gasteiger partial charge in [-0.25, -0.2) is 9.97 Å². The van der Waals surface area contributed by atoms with Gasteiger partial charge in [0.1, 0.15) is 6.61 Å². The van der Waals surface area contributed by atoms with E-state index in [2.05, 4.69) is 77.7 Å². The van der Waals surface area contributed by atoms with Crippen molar-refractivity contribution in [3.63, 3.8) is 0 Å². The first-order valence-corrected chi connectivity index (χ1v) is 14.8. The molecule has 3 heterocycles. The highest BCUT2D eigenvalue weighted by Crippen LogP contribution is 2.29. The lowest BCUT2D eigenvalue weighted by molar-refractivity contribution is -0.131. The molecule has 1 amide bonds. The number of carbonyl (C=O) groups is 1. The van der Waals surface area contributed by atoms with Crippen LogP contribution >= 0.6 is 22.9 Å². The monoisotopic (exact) mass is 614 g/mol. The minimum absolute atomic E-state index is 0.0490. The number of carbonyl (C=O) groups excluding carboxylic acids is 1. The lowest BCUT2D eigenvalue weighted by Crippen LogP contribution is -2.59. The molecule has 36 heavy (non-hydrogen) atoms. The summed E-state index contributed by atoms with van der Waals surface area (Å²) in [6, 6.07) is 1.45. The number of halogens is 1. The first-order valence-electron chi connectivity index (χ1n) is 13.8. The molecule has 2 unspecified atom stereocenters. The SMILES string of the molecule is CCC1CN(C(C)C)CC(C)N1c1ncc(C2CCN(CCCN(I)C(=O)COC(C)C)CC2)cn1. The van der Waals surface area contributed by atoms with Crippen molar-refractivity contribution in [1.29, 1.82) is 0 Å². The van der Waals surface area contributed by atoms with Gasteiger partial charge in [-0.05, 0) is 91.4 Å². The predicted octanol–water partition coefficient (Wildman–Crippen LogP) is 4.35. The minimum Gasteiger partial charge on any atom is -0.369 e. The molecular formula is C27H47IN6O2. The van der Waals surface area contributed by atoms with Crippen LogP contribution in [0.3, 0.4) is 0 Å². The van der Waals surface area contributed by atoms with E-state index in [-0.39, 0.29) is 18.6 Å². The second-order valence-electron chi connectivity index (χ2n) is 11.0. The summed E-state index contributed by atoms with van der Waals surface area (Å²) in [6.07, 6.45) is 8.61. The number of amides is 1. The standard InChI is InChI=1S/C27H47IN6O2/c1-7-25-18-32(20(2)3)17-22(6)34(25)27-29-15-24(16-30-27)23-9-13-31(14-10-23)11-8-12-33(28)26(35)19-36-21(4)5/h15-16,20-23,25H,7-14,17-19H2,1-6H3. The minimum atomic E-state index is 0.0490. The van der Waals surface area contributed by atoms with Crippen LogP contribution in [0.5, 0.6) is 0 Å². The highest BCUT2D eigenvalue weighted by atomic mass is 127. The number of aromatic nitrogens is 2. The van der Waals surface area contributed by atoms with E-state index in [4.69, 9.17) is 14.7 Å². The number of piperidine rings is 1. The Bertz CT molecular complexity index is 800. The van der Waals surface area contributed by atoms with Gasteiger partial charge in [0.25, 0.3) is 5.91 Å². The first kappa shape index (κ1) is 29.5. The Labute approximate surface area is 232 Å². The number of ether oxygens (including phenoxy) is 1. The molecule has 2 aliphatic heterocycles. The summed E-state index contributed by atoms with van der Waals surface area (Å²) in [4.78, 5) is 29.4. The van der Waals surface area contributed by atoms with Crippen molar-refractivity contribution in [2.75, 3.05) is 50.8 Å². The fraction of sp³-hybridized carbons (Fsp3) is 0.815. The third-order valence-electron chi connectivity index (χ3n) is 7.60. The average Bonchev–Trinajstić information content (AvgIpc) is 2.87. The van der Waals surface area contributed by atoms with Gasteiger partial charge in [0.05, 0.1) is 29.0 Å². The second-order valence-corrected chi connectivity index (χ2v) is 12.2. The normalized spacial score (nSPS) is 22.5. The Morgan fingerprint density at radius 1 is 1.17 bits per heavy atom. The Hall–Kier alpha value is -1.04. The van der Waals surface area contributed by atoms with E-state index in [0.29, 0.717) is 24.0 Å². The predicted molar refractivity (Wildman–Crippen MR) is 155 cm³/mol. The summed E-state index contributed by atoms with van der Waals surface area (Å²) >= 11 is 2.11. The van der Waals surface area contributed by atoms with Gasteiger partial charge in [0, 0.05) is 50.2 Å². The third-order valence-corrected chi connectivity index (χ3v) is 8.62. The molecule has 0 bridgehead atoms. The van der Waals surface area contributed by atoms with Crippen LogP contribution < -0.4 is 4.90 Å². The first-order chi connectivity index (χ1) is 17.2. The van der Waals surface area contributed by atoms with Crippen molar-refractivity contribution in [3.8, 4) is 0 Å². The molecule has 204 valence electrons. The summed E-state index contributed by atoms with van der Waals surface area (Å²) < 4.78 is 7.19. The zero-order chi connectivity index (χ0) is 26.2. The zero-order valence-corrected chi connectivity index (χ0v) is 25.4. The summed E-state index contributed by atoms with van der Waals surface area (Å²) in [7, 11) is 0. The molecule has 1 aromatic heterocycles. The van der Waals surface area contributed by atoms with Gasteiger partial charge >= 0.3 is 0 Å². The number of hydrogen-bond acceptors (Lipinski definition) is 7. The van der Waals surface area contributed by atoms with E-state index in [1.807, 2.05) is 13.8 Å². The van der Waals surface area contributed by atoms with Crippen LogP contribution in [-0.4, -0.2) is 98.9 Å². The van der Waals surface area contributed by atoms with E-state index in [1.54, 1.807) is 3.11 Å². The highest BCUT2D eigenvalue weighted by Gasteiger charge is 2.33. The summed E-state index contributed by atoms with van der Waals surface area (Å²) in [5.74, 6) is 1.46. The third kappa shape index (κ3) is 8.23. The largest absolute Gasteiger partial charge is 0.369 e. The van der Waals surface area contributed by atoms with Gasteiger partial charge in [0.15, 0.2) is 0 Å². The summed E-state index contributed by atoms with van der Waals surface area (Å²) in [5, 5.41) is 0. The van der Waals surface area contributed by atoms with Crippen LogP contribution in [-0.2, 0) is 9.53 Å². The van der Waals surface area contributed by atoms with Crippen LogP contribution in [0, 0.1) is 0 Å². The number of nitrogens with zero attached hydrogens (tertiary/aromatic N) is 6. The number of anilines is 1. The maximum absolute atomic E-state index is 12.1. The molecule has 8 nitrogen and oxygen atoms in total.